The van der Waals surface area contributed by atoms with Gasteiger partial charge in [0.15, 0.2) is 0 Å². The zero-order chi connectivity index (χ0) is 14.7. The Bertz CT molecular complexity index is 370. The monoisotopic (exact) mass is 281 g/mol. The zero-order valence-electron chi connectivity index (χ0n) is 12.6. The van der Waals surface area contributed by atoms with Gasteiger partial charge in [0.1, 0.15) is 6.04 Å². The molecule has 2 aliphatic rings. The Balaban J connectivity index is 2.02. The van der Waals surface area contributed by atoms with Crippen LogP contribution in [0.2, 0.25) is 0 Å². The summed E-state index contributed by atoms with van der Waals surface area (Å²) in [4.78, 5) is 26.3. The summed E-state index contributed by atoms with van der Waals surface area (Å²) in [5.41, 5.74) is 5.76. The molecule has 0 radical (unpaired) electrons. The molecule has 3 atom stereocenters. The summed E-state index contributed by atoms with van der Waals surface area (Å²) in [6.45, 7) is 5.34. The first-order valence-corrected chi connectivity index (χ1v) is 7.84. The van der Waals surface area contributed by atoms with Gasteiger partial charge in [-0.3, -0.25) is 9.59 Å². The molecule has 0 bridgehead atoms. The van der Waals surface area contributed by atoms with Gasteiger partial charge < -0.3 is 16.0 Å². The van der Waals surface area contributed by atoms with Crippen LogP contribution in [0, 0.1) is 11.8 Å². The van der Waals surface area contributed by atoms with Gasteiger partial charge in [-0.2, -0.15) is 0 Å². The number of amides is 2. The van der Waals surface area contributed by atoms with E-state index in [0.717, 1.165) is 25.7 Å². The third-order valence-electron chi connectivity index (χ3n) is 4.64. The molecule has 3 N–H and O–H groups in total. The van der Waals surface area contributed by atoms with Gasteiger partial charge in [0, 0.05) is 19.0 Å². The second-order valence-corrected chi connectivity index (χ2v) is 6.42. The summed E-state index contributed by atoms with van der Waals surface area (Å²) < 4.78 is 0. The van der Waals surface area contributed by atoms with Gasteiger partial charge in [-0.15, -0.1) is 0 Å². The van der Waals surface area contributed by atoms with Crippen LogP contribution in [0.3, 0.4) is 0 Å². The molecule has 0 aromatic carbocycles. The summed E-state index contributed by atoms with van der Waals surface area (Å²) in [6.07, 6.45) is 4.67. The van der Waals surface area contributed by atoms with E-state index in [4.69, 9.17) is 5.73 Å². The largest absolute Gasteiger partial charge is 0.351 e. The van der Waals surface area contributed by atoms with Crippen molar-refractivity contribution in [3.05, 3.63) is 0 Å². The molecule has 5 heteroatoms. The van der Waals surface area contributed by atoms with Crippen molar-refractivity contribution in [2.45, 2.75) is 58.0 Å². The van der Waals surface area contributed by atoms with E-state index in [-0.39, 0.29) is 29.8 Å². The maximum Gasteiger partial charge on any atom is 0.243 e. The molecular formula is C15H27N3O2. The first kappa shape index (κ1) is 15.3. The van der Waals surface area contributed by atoms with E-state index in [1.165, 1.54) is 0 Å². The Morgan fingerprint density at radius 2 is 2.15 bits per heavy atom. The van der Waals surface area contributed by atoms with Crippen molar-refractivity contribution in [1.82, 2.24) is 10.2 Å². The van der Waals surface area contributed by atoms with E-state index in [2.05, 4.69) is 5.32 Å². The van der Waals surface area contributed by atoms with Crippen molar-refractivity contribution < 1.29 is 9.59 Å². The summed E-state index contributed by atoms with van der Waals surface area (Å²) >= 11 is 0. The molecule has 0 aromatic heterocycles. The Morgan fingerprint density at radius 1 is 1.40 bits per heavy atom. The first-order chi connectivity index (χ1) is 9.54. The zero-order valence-corrected chi connectivity index (χ0v) is 12.6. The Kier molecular flexibility index (Phi) is 5.02. The molecule has 5 nitrogen and oxygen atoms in total. The summed E-state index contributed by atoms with van der Waals surface area (Å²) in [5, 5.41) is 3.15. The quantitative estimate of drug-likeness (QED) is 0.785. The Labute approximate surface area is 121 Å². The average molecular weight is 281 g/mol. The van der Waals surface area contributed by atoms with Crippen LogP contribution < -0.4 is 11.1 Å². The standard InChI is InChI=1S/C15H27N3O2/c1-10(2)14(18-8-4-7-13(18)19)15(20)17-12-6-3-5-11(12)9-16/h10-12,14H,3-9,16H2,1-2H3,(H,17,20). The second-order valence-electron chi connectivity index (χ2n) is 6.42. The van der Waals surface area contributed by atoms with Crippen LogP contribution in [-0.2, 0) is 9.59 Å². The fraction of sp³-hybridized carbons (Fsp3) is 0.867. The van der Waals surface area contributed by atoms with Crippen LogP contribution in [0.1, 0.15) is 46.0 Å². The predicted molar refractivity (Wildman–Crippen MR) is 77.9 cm³/mol. The van der Waals surface area contributed by atoms with Gasteiger partial charge in [-0.05, 0) is 37.6 Å². The predicted octanol–water partition coefficient (Wildman–Crippen LogP) is 0.877. The summed E-state index contributed by atoms with van der Waals surface area (Å²) in [7, 11) is 0. The number of nitrogens with one attached hydrogen (secondary N) is 1. The Hall–Kier alpha value is -1.10. The minimum absolute atomic E-state index is 0.000556. The van der Waals surface area contributed by atoms with E-state index in [0.29, 0.717) is 25.4 Å². The molecule has 114 valence electrons. The van der Waals surface area contributed by atoms with Crippen LogP contribution in [0.5, 0.6) is 0 Å². The molecule has 0 spiro atoms. The first-order valence-electron chi connectivity index (χ1n) is 7.84. The third kappa shape index (κ3) is 3.14. The molecule has 0 aromatic rings. The molecule has 2 rings (SSSR count). The van der Waals surface area contributed by atoms with Crippen molar-refractivity contribution in [3.8, 4) is 0 Å². The van der Waals surface area contributed by atoms with Gasteiger partial charge in [-0.25, -0.2) is 0 Å². The number of rotatable bonds is 5. The summed E-state index contributed by atoms with van der Waals surface area (Å²) in [5.74, 6) is 0.636. The van der Waals surface area contributed by atoms with Crippen LogP contribution in [0.4, 0.5) is 0 Å². The smallest absolute Gasteiger partial charge is 0.243 e. The van der Waals surface area contributed by atoms with Gasteiger partial charge in [0.05, 0.1) is 0 Å². The second kappa shape index (κ2) is 6.57. The fourth-order valence-corrected chi connectivity index (χ4v) is 3.54. The highest BCUT2D eigenvalue weighted by Gasteiger charge is 2.37. The molecule has 2 amide bonds. The number of nitrogens with zero attached hydrogens (tertiary/aromatic N) is 1. The van der Waals surface area contributed by atoms with Crippen LogP contribution in [0.15, 0.2) is 0 Å². The van der Waals surface area contributed by atoms with Gasteiger partial charge in [-0.1, -0.05) is 20.3 Å². The number of hydrogen-bond acceptors (Lipinski definition) is 3. The SMILES string of the molecule is CC(C)C(C(=O)NC1CCCC1CN)N1CCCC1=O. The number of hydrogen-bond donors (Lipinski definition) is 2. The molecule has 1 saturated heterocycles. The highest BCUT2D eigenvalue weighted by molar-refractivity contribution is 5.89. The molecule has 1 saturated carbocycles. The van der Waals surface area contributed by atoms with Crippen LogP contribution >= 0.6 is 0 Å². The van der Waals surface area contributed by atoms with Crippen LogP contribution in [0.25, 0.3) is 0 Å². The number of carbonyl (C=O) groups excluding carboxylic acids is 2. The van der Waals surface area contributed by atoms with E-state index < -0.39 is 0 Å². The number of likely N-dealkylation sites (tertiary alicyclic amines) is 1. The van der Waals surface area contributed by atoms with Crippen molar-refractivity contribution in [1.29, 1.82) is 0 Å². The van der Waals surface area contributed by atoms with Gasteiger partial charge >= 0.3 is 0 Å². The molecule has 1 heterocycles. The van der Waals surface area contributed by atoms with E-state index in [9.17, 15) is 9.59 Å². The van der Waals surface area contributed by atoms with Gasteiger partial charge in [0.2, 0.25) is 11.8 Å². The lowest BCUT2D eigenvalue weighted by Crippen LogP contribution is -2.53. The minimum Gasteiger partial charge on any atom is -0.351 e. The molecule has 20 heavy (non-hydrogen) atoms. The highest BCUT2D eigenvalue weighted by Crippen LogP contribution is 2.26. The lowest BCUT2D eigenvalue weighted by Gasteiger charge is -2.32. The van der Waals surface area contributed by atoms with E-state index >= 15 is 0 Å². The van der Waals surface area contributed by atoms with Crippen molar-refractivity contribution in [3.63, 3.8) is 0 Å². The lowest BCUT2D eigenvalue weighted by atomic mass is 9.99. The number of nitrogens with two attached hydrogens (primary N) is 1. The minimum atomic E-state index is -0.330. The number of carbonyl (C=O) groups is 2. The topological polar surface area (TPSA) is 75.4 Å². The fourth-order valence-electron chi connectivity index (χ4n) is 3.54. The van der Waals surface area contributed by atoms with Crippen molar-refractivity contribution >= 4 is 11.8 Å². The molecule has 3 unspecified atom stereocenters. The van der Waals surface area contributed by atoms with Crippen molar-refractivity contribution in [2.24, 2.45) is 17.6 Å². The molecule has 1 aliphatic carbocycles. The maximum absolute atomic E-state index is 12.6. The molecular weight excluding hydrogens is 254 g/mol. The maximum atomic E-state index is 12.6. The van der Waals surface area contributed by atoms with E-state index in [1.807, 2.05) is 13.8 Å². The highest BCUT2D eigenvalue weighted by atomic mass is 16.2. The lowest BCUT2D eigenvalue weighted by molar-refractivity contribution is -0.139. The van der Waals surface area contributed by atoms with Crippen LogP contribution in [-0.4, -0.2) is 41.9 Å². The molecule has 2 fully saturated rings. The van der Waals surface area contributed by atoms with Crippen molar-refractivity contribution in [2.75, 3.05) is 13.1 Å². The normalized spacial score (nSPS) is 28.2. The Morgan fingerprint density at radius 3 is 2.70 bits per heavy atom. The average Bonchev–Trinajstić information content (AvgIpc) is 2.99. The van der Waals surface area contributed by atoms with E-state index in [1.54, 1.807) is 4.90 Å². The summed E-state index contributed by atoms with van der Waals surface area (Å²) in [6, 6.07) is -0.143. The third-order valence-corrected chi connectivity index (χ3v) is 4.64. The molecule has 1 aliphatic heterocycles. The van der Waals surface area contributed by atoms with Gasteiger partial charge in [0.25, 0.3) is 0 Å².